The lowest BCUT2D eigenvalue weighted by molar-refractivity contribution is -0.116. The Hall–Kier alpha value is -1.26. The summed E-state index contributed by atoms with van der Waals surface area (Å²) in [6.45, 7) is 0.337. The van der Waals surface area contributed by atoms with Crippen LogP contribution in [0.3, 0.4) is 0 Å². The summed E-state index contributed by atoms with van der Waals surface area (Å²) >= 11 is 5.93. The average molecular weight is 243 g/mol. The number of ether oxygens (including phenoxy) is 1. The fourth-order valence-electron chi connectivity index (χ4n) is 1.23. The Morgan fingerprint density at radius 3 is 2.69 bits per heavy atom. The van der Waals surface area contributed by atoms with Crippen molar-refractivity contribution in [1.82, 2.24) is 4.90 Å². The molecule has 1 aromatic carbocycles. The first-order chi connectivity index (χ1) is 7.52. The molecule has 88 valence electrons. The Morgan fingerprint density at radius 2 is 2.19 bits per heavy atom. The van der Waals surface area contributed by atoms with Gasteiger partial charge in [0.2, 0.25) is 5.91 Å². The van der Waals surface area contributed by atoms with Crippen molar-refractivity contribution in [3.05, 3.63) is 23.2 Å². The lowest BCUT2D eigenvalue weighted by Crippen LogP contribution is -2.27. The monoisotopic (exact) mass is 242 g/mol. The number of carbonyl (C=O) groups excluding carboxylic acids is 1. The van der Waals surface area contributed by atoms with Crippen molar-refractivity contribution in [3.63, 3.8) is 0 Å². The van der Waals surface area contributed by atoms with Gasteiger partial charge in [-0.2, -0.15) is 0 Å². The average Bonchev–Trinajstić information content (AvgIpc) is 2.16. The first kappa shape index (κ1) is 12.8. The van der Waals surface area contributed by atoms with Gasteiger partial charge < -0.3 is 15.0 Å². The van der Waals surface area contributed by atoms with Gasteiger partial charge in [0.25, 0.3) is 0 Å². The molecule has 0 aliphatic rings. The minimum atomic E-state index is -0.0776. The number of nitrogens with one attached hydrogen (secondary N) is 1. The molecule has 5 heteroatoms. The Labute approximate surface area is 100 Å². The van der Waals surface area contributed by atoms with E-state index in [1.54, 1.807) is 30.2 Å². The Balaban J connectivity index is 2.68. The largest absolute Gasteiger partial charge is 0.495 e. The van der Waals surface area contributed by atoms with Crippen molar-refractivity contribution in [2.45, 2.75) is 0 Å². The molecule has 0 heterocycles. The van der Waals surface area contributed by atoms with Crippen molar-refractivity contribution in [2.24, 2.45) is 0 Å². The summed E-state index contributed by atoms with van der Waals surface area (Å²) in [5, 5.41) is 3.22. The van der Waals surface area contributed by atoms with Crippen LogP contribution in [0.1, 0.15) is 0 Å². The first-order valence-corrected chi connectivity index (χ1v) is 5.19. The van der Waals surface area contributed by atoms with Gasteiger partial charge in [-0.15, -0.1) is 0 Å². The zero-order chi connectivity index (χ0) is 12.1. The van der Waals surface area contributed by atoms with Crippen molar-refractivity contribution < 1.29 is 9.53 Å². The molecule has 0 fully saturated rings. The number of methoxy groups -OCH3 is 1. The Bertz CT molecular complexity index is 380. The molecule has 0 bridgehead atoms. The first-order valence-electron chi connectivity index (χ1n) is 4.81. The summed E-state index contributed by atoms with van der Waals surface area (Å²) in [6, 6.07) is 5.12. The molecule has 1 rings (SSSR count). The zero-order valence-corrected chi connectivity index (χ0v) is 10.3. The second-order valence-electron chi connectivity index (χ2n) is 3.64. The third kappa shape index (κ3) is 3.72. The number of benzene rings is 1. The predicted octanol–water partition coefficient (Wildman–Crippen LogP) is 1.85. The molecular weight excluding hydrogens is 228 g/mol. The van der Waals surface area contributed by atoms with E-state index in [1.165, 1.54) is 0 Å². The normalized spacial score (nSPS) is 10.3. The van der Waals surface area contributed by atoms with Crippen LogP contribution in [0.15, 0.2) is 18.2 Å². The van der Waals surface area contributed by atoms with Crippen LogP contribution in [0.5, 0.6) is 5.75 Å². The number of likely N-dealkylation sites (N-methyl/N-ethyl adjacent to an activating group) is 1. The quantitative estimate of drug-likeness (QED) is 0.876. The maximum Gasteiger partial charge on any atom is 0.238 e. The van der Waals surface area contributed by atoms with Gasteiger partial charge in [-0.25, -0.2) is 0 Å². The molecule has 16 heavy (non-hydrogen) atoms. The van der Waals surface area contributed by atoms with E-state index in [2.05, 4.69) is 5.32 Å². The fraction of sp³-hybridized carbons (Fsp3) is 0.364. The number of halogens is 1. The Kier molecular flexibility index (Phi) is 4.58. The molecule has 0 aliphatic heterocycles. The molecule has 0 radical (unpaired) electrons. The number of nitrogens with zero attached hydrogens (tertiary/aromatic N) is 1. The van der Waals surface area contributed by atoms with Crippen molar-refractivity contribution in [2.75, 3.05) is 33.1 Å². The summed E-state index contributed by atoms with van der Waals surface area (Å²) in [4.78, 5) is 13.3. The lowest BCUT2D eigenvalue weighted by Gasteiger charge is -2.11. The van der Waals surface area contributed by atoms with Gasteiger partial charge in [0, 0.05) is 5.69 Å². The maximum atomic E-state index is 11.5. The van der Waals surface area contributed by atoms with Crippen LogP contribution in [-0.4, -0.2) is 38.6 Å². The third-order valence-corrected chi connectivity index (χ3v) is 2.19. The van der Waals surface area contributed by atoms with E-state index in [0.717, 1.165) is 0 Å². The molecule has 0 aliphatic carbocycles. The molecule has 0 atom stereocenters. The molecule has 1 aromatic rings. The highest BCUT2D eigenvalue weighted by Crippen LogP contribution is 2.27. The van der Waals surface area contributed by atoms with Gasteiger partial charge in [0.1, 0.15) is 5.75 Å². The Morgan fingerprint density at radius 1 is 1.50 bits per heavy atom. The van der Waals surface area contributed by atoms with Crippen molar-refractivity contribution in [3.8, 4) is 5.75 Å². The highest BCUT2D eigenvalue weighted by Gasteiger charge is 2.06. The molecule has 0 unspecified atom stereocenters. The molecule has 0 saturated heterocycles. The number of hydrogen-bond donors (Lipinski definition) is 1. The van der Waals surface area contributed by atoms with Crippen LogP contribution < -0.4 is 10.1 Å². The highest BCUT2D eigenvalue weighted by molar-refractivity contribution is 6.32. The summed E-state index contributed by atoms with van der Waals surface area (Å²) in [7, 11) is 5.21. The molecule has 1 N–H and O–H groups in total. The molecular formula is C11H15ClN2O2. The van der Waals surface area contributed by atoms with E-state index in [9.17, 15) is 4.79 Å². The second kappa shape index (κ2) is 5.72. The lowest BCUT2D eigenvalue weighted by atomic mass is 10.3. The molecule has 0 saturated carbocycles. The van der Waals surface area contributed by atoms with Crippen LogP contribution in [-0.2, 0) is 4.79 Å². The summed E-state index contributed by atoms with van der Waals surface area (Å²) in [5.41, 5.74) is 0.664. The van der Waals surface area contributed by atoms with Crippen LogP contribution in [0.4, 0.5) is 5.69 Å². The van der Waals surface area contributed by atoms with Crippen LogP contribution in [0, 0.1) is 0 Å². The van der Waals surface area contributed by atoms with E-state index < -0.39 is 0 Å². The summed E-state index contributed by atoms with van der Waals surface area (Å²) < 4.78 is 5.02. The smallest absolute Gasteiger partial charge is 0.238 e. The van der Waals surface area contributed by atoms with E-state index in [1.807, 2.05) is 14.1 Å². The van der Waals surface area contributed by atoms with Gasteiger partial charge in [-0.1, -0.05) is 11.6 Å². The second-order valence-corrected chi connectivity index (χ2v) is 4.04. The molecule has 0 aromatic heterocycles. The van der Waals surface area contributed by atoms with Crippen LogP contribution in [0.25, 0.3) is 0 Å². The minimum Gasteiger partial charge on any atom is -0.495 e. The van der Waals surface area contributed by atoms with Crippen LogP contribution >= 0.6 is 11.6 Å². The highest BCUT2D eigenvalue weighted by atomic mass is 35.5. The number of hydrogen-bond acceptors (Lipinski definition) is 3. The standard InChI is InChI=1S/C11H15ClN2O2/c1-14(2)7-11(15)13-8-4-5-10(16-3)9(12)6-8/h4-6H,7H2,1-3H3,(H,13,15). The molecule has 1 amide bonds. The van der Waals surface area contributed by atoms with E-state index >= 15 is 0 Å². The topological polar surface area (TPSA) is 41.6 Å². The third-order valence-electron chi connectivity index (χ3n) is 1.90. The van der Waals surface area contributed by atoms with Gasteiger partial charge in [-0.3, -0.25) is 4.79 Å². The molecule has 0 spiro atoms. The van der Waals surface area contributed by atoms with Gasteiger partial charge >= 0.3 is 0 Å². The number of rotatable bonds is 4. The van der Waals surface area contributed by atoms with E-state index in [0.29, 0.717) is 23.0 Å². The van der Waals surface area contributed by atoms with Gasteiger partial charge in [0.05, 0.1) is 18.7 Å². The van der Waals surface area contributed by atoms with E-state index in [4.69, 9.17) is 16.3 Å². The number of carbonyl (C=O) groups is 1. The predicted molar refractivity (Wildman–Crippen MR) is 65.2 cm³/mol. The van der Waals surface area contributed by atoms with Gasteiger partial charge in [-0.05, 0) is 32.3 Å². The zero-order valence-electron chi connectivity index (χ0n) is 9.58. The van der Waals surface area contributed by atoms with Crippen LogP contribution in [0.2, 0.25) is 5.02 Å². The maximum absolute atomic E-state index is 11.5. The van der Waals surface area contributed by atoms with Gasteiger partial charge in [0.15, 0.2) is 0 Å². The molecule has 4 nitrogen and oxygen atoms in total. The summed E-state index contributed by atoms with van der Waals surface area (Å²) in [5.74, 6) is 0.513. The van der Waals surface area contributed by atoms with E-state index in [-0.39, 0.29) is 5.91 Å². The summed E-state index contributed by atoms with van der Waals surface area (Å²) in [6.07, 6.45) is 0. The number of anilines is 1. The fourth-order valence-corrected chi connectivity index (χ4v) is 1.49. The SMILES string of the molecule is COc1ccc(NC(=O)CN(C)C)cc1Cl. The number of amides is 1. The van der Waals surface area contributed by atoms with Crippen molar-refractivity contribution in [1.29, 1.82) is 0 Å². The van der Waals surface area contributed by atoms with Crippen molar-refractivity contribution >= 4 is 23.2 Å². The minimum absolute atomic E-state index is 0.0776.